The molecule has 0 N–H and O–H groups in total. The summed E-state index contributed by atoms with van der Waals surface area (Å²) in [7, 11) is 3.85. The minimum atomic E-state index is 0.575. The van der Waals surface area contributed by atoms with Crippen molar-refractivity contribution in [3.63, 3.8) is 0 Å². The largest absolute Gasteiger partial charge is 0.347 e. The normalized spacial score (nSPS) is 15.7. The molecule has 3 nitrogen and oxygen atoms in total. The summed E-state index contributed by atoms with van der Waals surface area (Å²) < 4.78 is 1.01. The third kappa shape index (κ3) is 1.95. The minimum Gasteiger partial charge on any atom is -0.347 e. The van der Waals surface area contributed by atoms with Gasteiger partial charge in [-0.15, -0.1) is 0 Å². The molecule has 1 aliphatic rings. The summed E-state index contributed by atoms with van der Waals surface area (Å²) in [5.74, 6) is 1.32. The number of anilines is 1. The van der Waals surface area contributed by atoms with Crippen molar-refractivity contribution in [2.45, 2.75) is 18.8 Å². The van der Waals surface area contributed by atoms with E-state index in [4.69, 9.17) is 11.6 Å². The van der Waals surface area contributed by atoms with E-state index in [9.17, 15) is 0 Å². The first-order valence-corrected chi connectivity index (χ1v) is 5.95. The minimum absolute atomic E-state index is 0.575. The van der Waals surface area contributed by atoms with Gasteiger partial charge in [0.1, 0.15) is 5.15 Å². The van der Waals surface area contributed by atoms with E-state index in [2.05, 4.69) is 32.6 Å². The zero-order valence-electron chi connectivity index (χ0n) is 8.09. The lowest BCUT2D eigenvalue weighted by molar-refractivity contribution is 0.922. The van der Waals surface area contributed by atoms with E-state index in [-0.39, 0.29) is 0 Å². The first-order chi connectivity index (χ1) is 6.59. The van der Waals surface area contributed by atoms with Crippen molar-refractivity contribution in [2.75, 3.05) is 19.0 Å². The van der Waals surface area contributed by atoms with E-state index in [1.807, 2.05) is 19.0 Å². The predicted molar refractivity (Wildman–Crippen MR) is 66.1 cm³/mol. The van der Waals surface area contributed by atoms with E-state index in [0.717, 1.165) is 9.26 Å². The first-order valence-electron chi connectivity index (χ1n) is 4.50. The first kappa shape index (κ1) is 10.4. The Morgan fingerprint density at radius 2 is 2.00 bits per heavy atom. The fraction of sp³-hybridized carbons (Fsp3) is 0.556. The molecule has 1 aliphatic carbocycles. The van der Waals surface area contributed by atoms with Gasteiger partial charge in [0.15, 0.2) is 0 Å². The SMILES string of the molecule is CN(C)c1nc(Cl)c(I)c(C2CC2)n1. The van der Waals surface area contributed by atoms with Gasteiger partial charge in [0.05, 0.1) is 9.26 Å². The molecule has 1 aromatic heterocycles. The Bertz CT molecular complexity index is 363. The summed E-state index contributed by atoms with van der Waals surface area (Å²) in [5, 5.41) is 0.575. The van der Waals surface area contributed by atoms with Crippen LogP contribution in [0.3, 0.4) is 0 Å². The smallest absolute Gasteiger partial charge is 0.226 e. The van der Waals surface area contributed by atoms with Crippen LogP contribution in [0.5, 0.6) is 0 Å². The quantitative estimate of drug-likeness (QED) is 0.619. The van der Waals surface area contributed by atoms with Gasteiger partial charge < -0.3 is 4.90 Å². The highest BCUT2D eigenvalue weighted by molar-refractivity contribution is 14.1. The number of rotatable bonds is 2. The topological polar surface area (TPSA) is 29.0 Å². The van der Waals surface area contributed by atoms with Crippen LogP contribution in [0, 0.1) is 3.57 Å². The van der Waals surface area contributed by atoms with Crippen LogP contribution in [-0.2, 0) is 0 Å². The number of hydrogen-bond donors (Lipinski definition) is 0. The van der Waals surface area contributed by atoms with Crippen LogP contribution < -0.4 is 4.90 Å². The molecule has 0 atom stereocenters. The van der Waals surface area contributed by atoms with Gasteiger partial charge in [0.25, 0.3) is 0 Å². The number of hydrogen-bond acceptors (Lipinski definition) is 3. The molecular formula is C9H11ClIN3. The molecule has 2 rings (SSSR count). The lowest BCUT2D eigenvalue weighted by Gasteiger charge is -2.12. The Labute approximate surface area is 102 Å². The van der Waals surface area contributed by atoms with Crippen molar-refractivity contribution in [1.82, 2.24) is 9.97 Å². The van der Waals surface area contributed by atoms with Crippen LogP contribution in [0.2, 0.25) is 5.15 Å². The lowest BCUT2D eigenvalue weighted by atomic mass is 10.3. The van der Waals surface area contributed by atoms with Gasteiger partial charge in [-0.1, -0.05) is 11.6 Å². The van der Waals surface area contributed by atoms with Crippen LogP contribution >= 0.6 is 34.2 Å². The maximum atomic E-state index is 6.05. The Morgan fingerprint density at radius 1 is 1.36 bits per heavy atom. The molecule has 1 aromatic rings. The summed E-state index contributed by atoms with van der Waals surface area (Å²) >= 11 is 8.27. The summed E-state index contributed by atoms with van der Waals surface area (Å²) in [6, 6.07) is 0. The highest BCUT2D eigenvalue weighted by Gasteiger charge is 2.29. The number of aromatic nitrogens is 2. The fourth-order valence-corrected chi connectivity index (χ4v) is 2.11. The molecule has 0 amide bonds. The summed E-state index contributed by atoms with van der Waals surface area (Å²) in [5.41, 5.74) is 1.12. The van der Waals surface area contributed by atoms with Crippen molar-refractivity contribution >= 4 is 40.1 Å². The average molecular weight is 324 g/mol. The molecule has 76 valence electrons. The molecule has 0 unspecified atom stereocenters. The van der Waals surface area contributed by atoms with E-state index >= 15 is 0 Å². The zero-order chi connectivity index (χ0) is 10.3. The van der Waals surface area contributed by atoms with Gasteiger partial charge in [0.2, 0.25) is 5.95 Å². The highest BCUT2D eigenvalue weighted by atomic mass is 127. The molecule has 14 heavy (non-hydrogen) atoms. The summed E-state index contributed by atoms with van der Waals surface area (Å²) in [4.78, 5) is 10.6. The molecule has 5 heteroatoms. The second kappa shape index (κ2) is 3.81. The second-order valence-corrected chi connectivity index (χ2v) is 5.12. The van der Waals surface area contributed by atoms with Gasteiger partial charge in [-0.25, -0.2) is 4.98 Å². The van der Waals surface area contributed by atoms with Crippen molar-refractivity contribution in [1.29, 1.82) is 0 Å². The van der Waals surface area contributed by atoms with Gasteiger partial charge in [-0.3, -0.25) is 0 Å². The van der Waals surface area contributed by atoms with Gasteiger partial charge >= 0.3 is 0 Å². The number of halogens is 2. The average Bonchev–Trinajstić information content (AvgIpc) is 2.92. The van der Waals surface area contributed by atoms with Crippen LogP contribution in [-0.4, -0.2) is 24.1 Å². The molecule has 0 spiro atoms. The molecule has 1 heterocycles. The van der Waals surface area contributed by atoms with E-state index in [1.54, 1.807) is 0 Å². The predicted octanol–water partition coefficient (Wildman–Crippen LogP) is 2.68. The highest BCUT2D eigenvalue weighted by Crippen LogP contribution is 2.42. The number of nitrogens with zero attached hydrogens (tertiary/aromatic N) is 3. The van der Waals surface area contributed by atoms with Gasteiger partial charge in [-0.05, 0) is 35.4 Å². The standard InChI is InChI=1S/C9H11ClIN3/c1-14(2)9-12-7(5-3-4-5)6(11)8(10)13-9/h5H,3-4H2,1-2H3. The lowest BCUT2D eigenvalue weighted by Crippen LogP contribution is -2.14. The molecule has 1 fully saturated rings. The van der Waals surface area contributed by atoms with Crippen molar-refractivity contribution in [3.8, 4) is 0 Å². The summed E-state index contributed by atoms with van der Waals surface area (Å²) in [6.45, 7) is 0. The molecule has 0 aliphatic heterocycles. The maximum absolute atomic E-state index is 6.05. The van der Waals surface area contributed by atoms with Gasteiger partial charge in [-0.2, -0.15) is 4.98 Å². The Kier molecular flexibility index (Phi) is 2.83. The Hall–Kier alpha value is -0.100. The van der Waals surface area contributed by atoms with E-state index in [1.165, 1.54) is 12.8 Å². The fourth-order valence-electron chi connectivity index (χ4n) is 1.25. The Morgan fingerprint density at radius 3 is 2.50 bits per heavy atom. The van der Waals surface area contributed by atoms with Crippen LogP contribution in [0.1, 0.15) is 24.5 Å². The van der Waals surface area contributed by atoms with Crippen LogP contribution in [0.15, 0.2) is 0 Å². The molecule has 0 radical (unpaired) electrons. The molecule has 0 aromatic carbocycles. The van der Waals surface area contributed by atoms with E-state index in [0.29, 0.717) is 17.0 Å². The van der Waals surface area contributed by atoms with Gasteiger partial charge in [0, 0.05) is 20.0 Å². The van der Waals surface area contributed by atoms with Crippen LogP contribution in [0.25, 0.3) is 0 Å². The maximum Gasteiger partial charge on any atom is 0.226 e. The monoisotopic (exact) mass is 323 g/mol. The second-order valence-electron chi connectivity index (χ2n) is 3.68. The molecular weight excluding hydrogens is 312 g/mol. The van der Waals surface area contributed by atoms with Crippen LogP contribution in [0.4, 0.5) is 5.95 Å². The van der Waals surface area contributed by atoms with E-state index < -0.39 is 0 Å². The zero-order valence-corrected chi connectivity index (χ0v) is 11.0. The van der Waals surface area contributed by atoms with Crippen molar-refractivity contribution in [2.24, 2.45) is 0 Å². The molecule has 1 saturated carbocycles. The van der Waals surface area contributed by atoms with Crippen molar-refractivity contribution in [3.05, 3.63) is 14.4 Å². The third-order valence-electron chi connectivity index (χ3n) is 2.19. The van der Waals surface area contributed by atoms with Crippen molar-refractivity contribution < 1.29 is 0 Å². The summed E-state index contributed by atoms with van der Waals surface area (Å²) in [6.07, 6.45) is 2.46. The third-order valence-corrected chi connectivity index (χ3v) is 3.84. The molecule has 0 bridgehead atoms. The Balaban J connectivity index is 2.46. The molecule has 0 saturated heterocycles.